The van der Waals surface area contributed by atoms with Gasteiger partial charge in [-0.2, -0.15) is 18.4 Å². The highest BCUT2D eigenvalue weighted by Gasteiger charge is 2.12. The maximum Gasteiger partial charge on any atom is 0.276 e. The molecule has 3 rings (SSSR count). The number of nitrogens with one attached hydrogen (secondary N) is 1. The molecule has 0 fully saturated rings. The Morgan fingerprint density at radius 1 is 1.04 bits per heavy atom. The number of hydrazone groups is 1. The second kappa shape index (κ2) is 7.60. The molecule has 0 unspecified atom stereocenters. The fourth-order valence-corrected chi connectivity index (χ4v) is 3.07. The molecule has 0 aliphatic heterocycles. The lowest BCUT2D eigenvalue weighted by atomic mass is 10.1. The Hall–Kier alpha value is -3.17. The molecule has 3 aromatic rings. The van der Waals surface area contributed by atoms with Crippen LogP contribution in [-0.4, -0.2) is 19.6 Å². The Kier molecular flexibility index (Phi) is 5.24. The van der Waals surface area contributed by atoms with Crippen LogP contribution in [0.15, 0.2) is 75.1 Å². The summed E-state index contributed by atoms with van der Waals surface area (Å²) in [5.74, 6) is 0.772. The molecule has 138 valence electrons. The van der Waals surface area contributed by atoms with Crippen molar-refractivity contribution in [2.75, 3.05) is 0 Å². The first-order valence-electron chi connectivity index (χ1n) is 7.50. The summed E-state index contributed by atoms with van der Waals surface area (Å²) in [6.07, 6.45) is 1.21. The molecule has 8 nitrogen and oxygen atoms in total. The van der Waals surface area contributed by atoms with Crippen LogP contribution in [0.1, 0.15) is 5.76 Å². The number of halogens is 1. The fourth-order valence-electron chi connectivity index (χ4n) is 2.15. The van der Waals surface area contributed by atoms with Gasteiger partial charge >= 0.3 is 0 Å². The van der Waals surface area contributed by atoms with Crippen molar-refractivity contribution in [2.24, 2.45) is 5.10 Å². The zero-order chi connectivity index (χ0) is 19.4. The minimum atomic E-state index is -3.82. The number of hydrogen-bond acceptors (Lipinski definition) is 6. The normalized spacial score (nSPS) is 11.6. The summed E-state index contributed by atoms with van der Waals surface area (Å²) in [6.45, 7) is 0. The second-order valence-electron chi connectivity index (χ2n) is 5.31. The molecule has 0 amide bonds. The molecule has 27 heavy (non-hydrogen) atoms. The lowest BCUT2D eigenvalue weighted by Gasteiger charge is -2.02. The Balaban J connectivity index is 1.70. The SMILES string of the molecule is O=[N+]([O-])c1ccc(-c2ccc(/C=N/NS(=O)(=O)c3ccc(Cl)cc3)o2)cc1. The third-order valence-electron chi connectivity index (χ3n) is 3.48. The van der Waals surface area contributed by atoms with E-state index in [1.807, 2.05) is 0 Å². The number of nitrogens with zero attached hydrogens (tertiary/aromatic N) is 2. The van der Waals surface area contributed by atoms with Crippen molar-refractivity contribution in [1.29, 1.82) is 0 Å². The highest BCUT2D eigenvalue weighted by atomic mass is 35.5. The van der Waals surface area contributed by atoms with Gasteiger partial charge in [0.15, 0.2) is 0 Å². The van der Waals surface area contributed by atoms with Crippen LogP contribution in [0.4, 0.5) is 5.69 Å². The summed E-state index contributed by atoms with van der Waals surface area (Å²) in [5, 5.41) is 14.8. The van der Waals surface area contributed by atoms with E-state index < -0.39 is 14.9 Å². The van der Waals surface area contributed by atoms with Gasteiger partial charge in [0, 0.05) is 22.7 Å². The van der Waals surface area contributed by atoms with Crippen molar-refractivity contribution in [2.45, 2.75) is 4.90 Å². The Bertz CT molecular complexity index is 1090. The first-order valence-corrected chi connectivity index (χ1v) is 9.36. The maximum absolute atomic E-state index is 12.1. The van der Waals surface area contributed by atoms with Crippen molar-refractivity contribution in [1.82, 2.24) is 4.83 Å². The zero-order valence-corrected chi connectivity index (χ0v) is 15.1. The highest BCUT2D eigenvalue weighted by molar-refractivity contribution is 7.89. The Morgan fingerprint density at radius 2 is 1.70 bits per heavy atom. The highest BCUT2D eigenvalue weighted by Crippen LogP contribution is 2.24. The Morgan fingerprint density at radius 3 is 2.33 bits per heavy atom. The average molecular weight is 406 g/mol. The number of sulfonamides is 1. The van der Waals surface area contributed by atoms with E-state index in [0.717, 1.165) is 0 Å². The van der Waals surface area contributed by atoms with Gasteiger partial charge in [0.1, 0.15) is 11.5 Å². The van der Waals surface area contributed by atoms with E-state index in [1.54, 1.807) is 24.3 Å². The van der Waals surface area contributed by atoms with Gasteiger partial charge in [0.2, 0.25) is 0 Å². The van der Waals surface area contributed by atoms with E-state index in [1.165, 1.54) is 42.6 Å². The molecule has 0 saturated heterocycles. The summed E-state index contributed by atoms with van der Waals surface area (Å²) in [6, 6.07) is 14.7. The Labute approximate surface area is 159 Å². The van der Waals surface area contributed by atoms with E-state index in [4.69, 9.17) is 16.0 Å². The van der Waals surface area contributed by atoms with E-state index in [2.05, 4.69) is 9.93 Å². The molecule has 0 atom stereocenters. The molecule has 0 spiro atoms. The number of non-ortho nitro benzene ring substituents is 1. The van der Waals surface area contributed by atoms with Gasteiger partial charge in [-0.05, 0) is 48.5 Å². The van der Waals surface area contributed by atoms with E-state index in [0.29, 0.717) is 22.1 Å². The first-order chi connectivity index (χ1) is 12.8. The van der Waals surface area contributed by atoms with Crippen molar-refractivity contribution >= 4 is 33.5 Å². The minimum absolute atomic E-state index is 0.0232. The van der Waals surface area contributed by atoms with Crippen LogP contribution in [0.3, 0.4) is 0 Å². The van der Waals surface area contributed by atoms with E-state index >= 15 is 0 Å². The van der Waals surface area contributed by atoms with Gasteiger partial charge in [-0.15, -0.1) is 0 Å². The molecule has 0 radical (unpaired) electrons. The van der Waals surface area contributed by atoms with Gasteiger partial charge < -0.3 is 4.42 Å². The summed E-state index contributed by atoms with van der Waals surface area (Å²) >= 11 is 5.73. The van der Waals surface area contributed by atoms with Crippen LogP contribution in [0.25, 0.3) is 11.3 Å². The maximum atomic E-state index is 12.1. The number of nitro groups is 1. The standard InChI is InChI=1S/C17H12ClN3O5S/c18-13-3-8-16(9-4-13)27(24,25)20-19-11-15-7-10-17(26-15)12-1-5-14(6-2-12)21(22)23/h1-11,20H/b19-11+. The van der Waals surface area contributed by atoms with Gasteiger partial charge in [-0.3, -0.25) is 10.1 Å². The molecule has 0 saturated carbocycles. The van der Waals surface area contributed by atoms with Crippen LogP contribution in [0.5, 0.6) is 0 Å². The lowest BCUT2D eigenvalue weighted by Crippen LogP contribution is -2.18. The third-order valence-corrected chi connectivity index (χ3v) is 4.97. The molecular weight excluding hydrogens is 394 g/mol. The predicted octanol–water partition coefficient (Wildman–Crippen LogP) is 3.82. The van der Waals surface area contributed by atoms with Crippen LogP contribution < -0.4 is 4.83 Å². The van der Waals surface area contributed by atoms with Gasteiger partial charge in [-0.1, -0.05) is 11.6 Å². The molecule has 0 aliphatic rings. The van der Waals surface area contributed by atoms with E-state index in [-0.39, 0.29) is 10.6 Å². The molecule has 10 heteroatoms. The van der Waals surface area contributed by atoms with Crippen LogP contribution >= 0.6 is 11.6 Å². The molecule has 1 N–H and O–H groups in total. The van der Waals surface area contributed by atoms with Gasteiger partial charge in [0.05, 0.1) is 16.0 Å². The van der Waals surface area contributed by atoms with Gasteiger partial charge in [-0.25, -0.2) is 0 Å². The summed E-state index contributed by atoms with van der Waals surface area (Å²) in [7, 11) is -3.82. The molecule has 1 heterocycles. The van der Waals surface area contributed by atoms with Crippen molar-refractivity contribution in [3.05, 3.63) is 81.6 Å². The number of nitro benzene ring substituents is 1. The topological polar surface area (TPSA) is 115 Å². The van der Waals surface area contributed by atoms with Crippen molar-refractivity contribution in [3.8, 4) is 11.3 Å². The first kappa shape index (κ1) is 18.6. The molecule has 0 bridgehead atoms. The number of benzene rings is 2. The summed E-state index contributed by atoms with van der Waals surface area (Å²) in [4.78, 5) is 12.3. The minimum Gasteiger partial charge on any atom is -0.455 e. The van der Waals surface area contributed by atoms with Crippen molar-refractivity contribution in [3.63, 3.8) is 0 Å². The smallest absolute Gasteiger partial charge is 0.276 e. The number of hydrogen-bond donors (Lipinski definition) is 1. The molecular formula is C17H12ClN3O5S. The van der Waals surface area contributed by atoms with Crippen LogP contribution in [0, 0.1) is 10.1 Å². The van der Waals surface area contributed by atoms with Crippen LogP contribution in [-0.2, 0) is 10.0 Å². The summed E-state index contributed by atoms with van der Waals surface area (Å²) < 4.78 is 29.7. The quantitative estimate of drug-likeness (QED) is 0.380. The number of furan rings is 1. The largest absolute Gasteiger partial charge is 0.455 e. The average Bonchev–Trinajstić information content (AvgIpc) is 3.11. The zero-order valence-electron chi connectivity index (χ0n) is 13.6. The van der Waals surface area contributed by atoms with Crippen LogP contribution in [0.2, 0.25) is 5.02 Å². The lowest BCUT2D eigenvalue weighted by molar-refractivity contribution is -0.384. The van der Waals surface area contributed by atoms with Crippen molar-refractivity contribution < 1.29 is 17.8 Å². The molecule has 2 aromatic carbocycles. The third kappa shape index (κ3) is 4.52. The fraction of sp³-hybridized carbons (Fsp3) is 0. The predicted molar refractivity (Wildman–Crippen MR) is 100 cm³/mol. The second-order valence-corrected chi connectivity index (χ2v) is 7.41. The molecule has 0 aliphatic carbocycles. The van der Waals surface area contributed by atoms with E-state index in [9.17, 15) is 18.5 Å². The monoisotopic (exact) mass is 405 g/mol. The number of rotatable bonds is 6. The summed E-state index contributed by atoms with van der Waals surface area (Å²) in [5.41, 5.74) is 0.616. The van der Waals surface area contributed by atoms with Gasteiger partial charge in [0.25, 0.3) is 15.7 Å². The molecule has 1 aromatic heterocycles.